The Hall–Kier alpha value is -1.39. The van der Waals surface area contributed by atoms with Gasteiger partial charge in [0.15, 0.2) is 0 Å². The molecule has 4 nitrogen and oxygen atoms in total. The predicted octanol–water partition coefficient (Wildman–Crippen LogP) is 1.52. The van der Waals surface area contributed by atoms with Gasteiger partial charge in [-0.05, 0) is 32.3 Å². The molecule has 4 heteroatoms. The molecule has 2 saturated heterocycles. The molecule has 0 aliphatic carbocycles. The summed E-state index contributed by atoms with van der Waals surface area (Å²) in [6, 6.07) is 10.6. The molecule has 1 unspecified atom stereocenters. The number of hydrogen-bond donors (Lipinski definition) is 2. The number of piperazine rings is 1. The SMILES string of the molecule is CC1(C)CC2(CCN1Cc1ccccc1)NCCNC2=O. The van der Waals surface area contributed by atoms with Crippen molar-refractivity contribution in [2.24, 2.45) is 0 Å². The maximum absolute atomic E-state index is 12.3. The second kappa shape index (κ2) is 5.43. The normalized spacial score (nSPS) is 29.3. The van der Waals surface area contributed by atoms with Crippen molar-refractivity contribution in [3.8, 4) is 0 Å². The zero-order valence-corrected chi connectivity index (χ0v) is 13.0. The van der Waals surface area contributed by atoms with Crippen LogP contribution < -0.4 is 10.6 Å². The minimum atomic E-state index is -0.366. The summed E-state index contributed by atoms with van der Waals surface area (Å²) in [5.41, 5.74) is 0.979. The molecule has 0 radical (unpaired) electrons. The molecule has 0 aromatic heterocycles. The summed E-state index contributed by atoms with van der Waals surface area (Å²) in [5, 5.41) is 6.51. The number of rotatable bonds is 2. The molecule has 2 fully saturated rings. The minimum absolute atomic E-state index is 0.00969. The van der Waals surface area contributed by atoms with E-state index in [2.05, 4.69) is 59.7 Å². The van der Waals surface area contributed by atoms with Gasteiger partial charge in [0.1, 0.15) is 5.54 Å². The number of nitrogens with one attached hydrogen (secondary N) is 2. The van der Waals surface area contributed by atoms with Crippen LogP contribution in [0.15, 0.2) is 30.3 Å². The first-order valence-corrected chi connectivity index (χ1v) is 7.84. The van der Waals surface area contributed by atoms with Crippen LogP contribution in [0.4, 0.5) is 0 Å². The molecule has 2 aliphatic rings. The van der Waals surface area contributed by atoms with Gasteiger partial charge in [0.05, 0.1) is 0 Å². The molecule has 1 spiro atoms. The first kappa shape index (κ1) is 14.5. The van der Waals surface area contributed by atoms with Gasteiger partial charge in [-0.1, -0.05) is 30.3 Å². The molecule has 21 heavy (non-hydrogen) atoms. The molecule has 1 atom stereocenters. The summed E-state index contributed by atoms with van der Waals surface area (Å²) in [5.74, 6) is 0.182. The van der Waals surface area contributed by atoms with E-state index in [0.717, 1.165) is 39.0 Å². The van der Waals surface area contributed by atoms with Crippen LogP contribution in [0.1, 0.15) is 32.3 Å². The number of carbonyl (C=O) groups excluding carboxylic acids is 1. The zero-order chi connectivity index (χ0) is 14.9. The standard InChI is InChI=1S/C17H25N3O/c1-16(2)13-17(15(21)18-9-10-19-17)8-11-20(16)12-14-6-4-3-5-7-14/h3-7,19H,8-13H2,1-2H3,(H,18,21). The number of amides is 1. The van der Waals surface area contributed by atoms with Gasteiger partial charge in [-0.3, -0.25) is 9.69 Å². The second-order valence-corrected chi connectivity index (χ2v) is 6.91. The fraction of sp³-hybridized carbons (Fsp3) is 0.588. The molecular formula is C17H25N3O. The van der Waals surface area contributed by atoms with Crippen molar-refractivity contribution in [3.63, 3.8) is 0 Å². The van der Waals surface area contributed by atoms with Crippen LogP contribution in [0.2, 0.25) is 0 Å². The molecule has 1 amide bonds. The molecule has 2 N–H and O–H groups in total. The second-order valence-electron chi connectivity index (χ2n) is 6.91. The summed E-state index contributed by atoms with van der Waals surface area (Å²) < 4.78 is 0. The molecule has 2 heterocycles. The van der Waals surface area contributed by atoms with Crippen molar-refractivity contribution in [2.45, 2.75) is 44.3 Å². The summed E-state index contributed by atoms with van der Waals surface area (Å²) >= 11 is 0. The molecule has 3 rings (SSSR count). The zero-order valence-electron chi connectivity index (χ0n) is 13.0. The van der Waals surface area contributed by atoms with Crippen LogP contribution in [0.5, 0.6) is 0 Å². The summed E-state index contributed by atoms with van der Waals surface area (Å²) in [4.78, 5) is 14.8. The Balaban J connectivity index is 1.74. The summed E-state index contributed by atoms with van der Waals surface area (Å²) in [6.45, 7) is 8.02. The lowest BCUT2D eigenvalue weighted by Crippen LogP contribution is -2.70. The highest BCUT2D eigenvalue weighted by molar-refractivity contribution is 5.87. The first-order chi connectivity index (χ1) is 10.0. The number of benzene rings is 1. The van der Waals surface area contributed by atoms with Gasteiger partial charge in [0.25, 0.3) is 0 Å². The Morgan fingerprint density at radius 3 is 2.62 bits per heavy atom. The average molecular weight is 287 g/mol. The van der Waals surface area contributed by atoms with Crippen molar-refractivity contribution >= 4 is 5.91 Å². The van der Waals surface area contributed by atoms with Gasteiger partial charge in [-0.15, -0.1) is 0 Å². The smallest absolute Gasteiger partial charge is 0.240 e. The van der Waals surface area contributed by atoms with E-state index < -0.39 is 0 Å². The lowest BCUT2D eigenvalue weighted by molar-refractivity contribution is -0.134. The molecular weight excluding hydrogens is 262 g/mol. The van der Waals surface area contributed by atoms with Crippen LogP contribution >= 0.6 is 0 Å². The average Bonchev–Trinajstić information content (AvgIpc) is 2.46. The Morgan fingerprint density at radius 2 is 1.95 bits per heavy atom. The van der Waals surface area contributed by atoms with Gasteiger partial charge in [-0.2, -0.15) is 0 Å². The quantitative estimate of drug-likeness (QED) is 0.867. The van der Waals surface area contributed by atoms with Gasteiger partial charge >= 0.3 is 0 Å². The van der Waals surface area contributed by atoms with E-state index in [-0.39, 0.29) is 17.0 Å². The van der Waals surface area contributed by atoms with Crippen LogP contribution in [0.3, 0.4) is 0 Å². The van der Waals surface area contributed by atoms with Crippen molar-refractivity contribution in [3.05, 3.63) is 35.9 Å². The Morgan fingerprint density at radius 1 is 1.19 bits per heavy atom. The third kappa shape index (κ3) is 2.83. The summed E-state index contributed by atoms with van der Waals surface area (Å²) in [6.07, 6.45) is 1.74. The largest absolute Gasteiger partial charge is 0.353 e. The van der Waals surface area contributed by atoms with Crippen molar-refractivity contribution in [1.29, 1.82) is 0 Å². The highest BCUT2D eigenvalue weighted by Gasteiger charge is 2.49. The monoisotopic (exact) mass is 287 g/mol. The Kier molecular flexibility index (Phi) is 3.76. The predicted molar refractivity (Wildman–Crippen MR) is 83.9 cm³/mol. The van der Waals surface area contributed by atoms with Crippen LogP contribution in [0, 0.1) is 0 Å². The first-order valence-electron chi connectivity index (χ1n) is 7.84. The molecule has 2 aliphatic heterocycles. The molecule has 1 aromatic carbocycles. The van der Waals surface area contributed by atoms with E-state index in [0.29, 0.717) is 0 Å². The fourth-order valence-electron chi connectivity index (χ4n) is 3.74. The number of hydrogen-bond acceptors (Lipinski definition) is 3. The molecule has 0 saturated carbocycles. The van der Waals surface area contributed by atoms with Crippen molar-refractivity contribution < 1.29 is 4.79 Å². The third-order valence-electron chi connectivity index (χ3n) is 4.92. The Bertz CT molecular complexity index is 514. The highest BCUT2D eigenvalue weighted by atomic mass is 16.2. The third-order valence-corrected chi connectivity index (χ3v) is 4.92. The lowest BCUT2D eigenvalue weighted by Gasteiger charge is -2.52. The van der Waals surface area contributed by atoms with Gasteiger partial charge in [0, 0.05) is 31.7 Å². The fourth-order valence-corrected chi connectivity index (χ4v) is 3.74. The van der Waals surface area contributed by atoms with E-state index in [4.69, 9.17) is 0 Å². The Labute approximate surface area is 126 Å². The van der Waals surface area contributed by atoms with E-state index in [9.17, 15) is 4.79 Å². The van der Waals surface area contributed by atoms with Gasteiger partial charge < -0.3 is 10.6 Å². The van der Waals surface area contributed by atoms with Gasteiger partial charge in [0.2, 0.25) is 5.91 Å². The van der Waals surface area contributed by atoms with Crippen LogP contribution in [0.25, 0.3) is 0 Å². The van der Waals surface area contributed by atoms with Crippen molar-refractivity contribution in [1.82, 2.24) is 15.5 Å². The number of nitrogens with zero attached hydrogens (tertiary/aromatic N) is 1. The lowest BCUT2D eigenvalue weighted by atomic mass is 9.75. The minimum Gasteiger partial charge on any atom is -0.353 e. The number of carbonyl (C=O) groups is 1. The number of likely N-dealkylation sites (tertiary alicyclic amines) is 1. The molecule has 1 aromatic rings. The topological polar surface area (TPSA) is 44.4 Å². The van der Waals surface area contributed by atoms with Crippen LogP contribution in [-0.2, 0) is 11.3 Å². The van der Waals surface area contributed by atoms with Crippen molar-refractivity contribution in [2.75, 3.05) is 19.6 Å². The maximum Gasteiger partial charge on any atom is 0.240 e. The van der Waals surface area contributed by atoms with E-state index in [1.54, 1.807) is 0 Å². The summed E-state index contributed by atoms with van der Waals surface area (Å²) in [7, 11) is 0. The van der Waals surface area contributed by atoms with E-state index in [1.807, 2.05) is 0 Å². The van der Waals surface area contributed by atoms with Gasteiger partial charge in [-0.25, -0.2) is 0 Å². The maximum atomic E-state index is 12.3. The highest BCUT2D eigenvalue weighted by Crippen LogP contribution is 2.36. The molecule has 114 valence electrons. The van der Waals surface area contributed by atoms with Crippen LogP contribution in [-0.4, -0.2) is 41.5 Å². The molecule has 0 bridgehead atoms. The van der Waals surface area contributed by atoms with E-state index in [1.165, 1.54) is 5.56 Å². The number of piperidine rings is 1. The van der Waals surface area contributed by atoms with E-state index >= 15 is 0 Å².